The quantitative estimate of drug-likeness (QED) is 0.357. The highest BCUT2D eigenvalue weighted by atomic mass is 32.1. The number of allylic oxidation sites excluding steroid dienone is 2. The van der Waals surface area contributed by atoms with Gasteiger partial charge in [0.25, 0.3) is 0 Å². The number of carbonyl (C=O) groups excluding carboxylic acids is 1. The van der Waals surface area contributed by atoms with Crippen molar-refractivity contribution < 1.29 is 8.98 Å². The summed E-state index contributed by atoms with van der Waals surface area (Å²) in [5.74, 6) is -0.157. The Bertz CT molecular complexity index is 154. The molecule has 0 amide bonds. The lowest BCUT2D eigenvalue weighted by atomic mass is 9.95. The zero-order valence-corrected chi connectivity index (χ0v) is 6.51. The molecule has 0 saturated heterocycles. The van der Waals surface area contributed by atoms with Crippen LogP contribution in [0.25, 0.3) is 0 Å². The van der Waals surface area contributed by atoms with E-state index in [-0.39, 0.29) is 11.9 Å². The molecule has 0 saturated carbocycles. The van der Waals surface area contributed by atoms with Crippen LogP contribution in [0.4, 0.5) is 0 Å². The molecule has 2 nitrogen and oxygen atoms in total. The predicted molar refractivity (Wildman–Crippen MR) is 41.6 cm³/mol. The first-order valence-electron chi connectivity index (χ1n) is 3.35. The lowest BCUT2D eigenvalue weighted by molar-refractivity contribution is -0.137. The van der Waals surface area contributed by atoms with E-state index in [9.17, 15) is 4.79 Å². The third kappa shape index (κ3) is 1.77. The van der Waals surface area contributed by atoms with Crippen LogP contribution in [0.2, 0.25) is 0 Å². The van der Waals surface area contributed by atoms with Crippen molar-refractivity contribution in [3.05, 3.63) is 12.2 Å². The van der Waals surface area contributed by atoms with E-state index in [1.54, 1.807) is 0 Å². The molecule has 3 heteroatoms. The molecule has 0 fully saturated rings. The van der Waals surface area contributed by atoms with Crippen LogP contribution in [-0.4, -0.2) is 5.97 Å². The summed E-state index contributed by atoms with van der Waals surface area (Å²) in [7, 11) is 0. The van der Waals surface area contributed by atoms with Gasteiger partial charge in [-0.1, -0.05) is 12.2 Å². The molecule has 0 aromatic carbocycles. The van der Waals surface area contributed by atoms with Crippen LogP contribution in [0.3, 0.4) is 0 Å². The molecule has 1 aliphatic carbocycles. The standard InChI is InChI=1S/C7H10O2S/c8-7(9-10)6-4-2-1-3-5-6/h1-2,6,10H,3-5H2. The third-order valence-electron chi connectivity index (χ3n) is 1.69. The van der Waals surface area contributed by atoms with E-state index in [2.05, 4.69) is 23.2 Å². The summed E-state index contributed by atoms with van der Waals surface area (Å²) in [6.45, 7) is 0. The van der Waals surface area contributed by atoms with Crippen LogP contribution >= 0.6 is 12.9 Å². The molecular formula is C7H10O2S. The molecule has 56 valence electrons. The molecule has 0 aromatic rings. The number of hydrogen-bond acceptors (Lipinski definition) is 3. The first-order chi connectivity index (χ1) is 4.84. The lowest BCUT2D eigenvalue weighted by Gasteiger charge is -2.13. The van der Waals surface area contributed by atoms with E-state index in [1.165, 1.54) is 0 Å². The van der Waals surface area contributed by atoms with E-state index in [0.29, 0.717) is 0 Å². The highest BCUT2D eigenvalue weighted by molar-refractivity contribution is 7.75. The summed E-state index contributed by atoms with van der Waals surface area (Å²) in [6, 6.07) is 0. The Hall–Kier alpha value is -0.440. The molecule has 1 rings (SSSR count). The van der Waals surface area contributed by atoms with Crippen molar-refractivity contribution in [2.75, 3.05) is 0 Å². The van der Waals surface area contributed by atoms with Crippen molar-refractivity contribution in [1.29, 1.82) is 0 Å². The maximum absolute atomic E-state index is 10.8. The van der Waals surface area contributed by atoms with Crippen molar-refractivity contribution in [2.45, 2.75) is 19.3 Å². The molecule has 10 heavy (non-hydrogen) atoms. The lowest BCUT2D eigenvalue weighted by Crippen LogP contribution is -2.15. The predicted octanol–water partition coefficient (Wildman–Crippen LogP) is 1.73. The van der Waals surface area contributed by atoms with Gasteiger partial charge in [0.1, 0.15) is 0 Å². The van der Waals surface area contributed by atoms with Gasteiger partial charge in [-0.25, -0.2) is 0 Å². The van der Waals surface area contributed by atoms with Crippen LogP contribution in [0, 0.1) is 5.92 Å². The molecule has 0 radical (unpaired) electrons. The number of rotatable bonds is 1. The fourth-order valence-electron chi connectivity index (χ4n) is 1.08. The second-order valence-corrected chi connectivity index (χ2v) is 2.57. The summed E-state index contributed by atoms with van der Waals surface area (Å²) >= 11 is 3.45. The minimum Gasteiger partial charge on any atom is -0.394 e. The van der Waals surface area contributed by atoms with Crippen molar-refractivity contribution in [1.82, 2.24) is 0 Å². The van der Waals surface area contributed by atoms with Gasteiger partial charge in [-0.15, -0.1) is 0 Å². The smallest absolute Gasteiger partial charge is 0.321 e. The maximum Gasteiger partial charge on any atom is 0.321 e. The average molecular weight is 158 g/mol. The Kier molecular flexibility index (Phi) is 2.81. The Balaban J connectivity index is 2.41. The molecular weight excluding hydrogens is 148 g/mol. The summed E-state index contributed by atoms with van der Waals surface area (Å²) in [4.78, 5) is 10.8. The summed E-state index contributed by atoms with van der Waals surface area (Å²) in [5, 5.41) is 0. The minimum atomic E-state index is -0.201. The van der Waals surface area contributed by atoms with E-state index in [1.807, 2.05) is 6.08 Å². The van der Waals surface area contributed by atoms with Crippen LogP contribution < -0.4 is 0 Å². The van der Waals surface area contributed by atoms with Crippen LogP contribution in [0.5, 0.6) is 0 Å². The molecule has 1 aliphatic rings. The zero-order valence-electron chi connectivity index (χ0n) is 5.62. The van der Waals surface area contributed by atoms with Crippen LogP contribution in [-0.2, 0) is 8.98 Å². The second-order valence-electron chi connectivity index (χ2n) is 2.39. The van der Waals surface area contributed by atoms with E-state index in [0.717, 1.165) is 19.3 Å². The van der Waals surface area contributed by atoms with Crippen LogP contribution in [0.1, 0.15) is 19.3 Å². The van der Waals surface area contributed by atoms with Gasteiger partial charge in [0.2, 0.25) is 0 Å². The first kappa shape index (κ1) is 7.66. The fourth-order valence-corrected chi connectivity index (χ4v) is 1.23. The largest absolute Gasteiger partial charge is 0.394 e. The van der Waals surface area contributed by atoms with Crippen molar-refractivity contribution in [2.24, 2.45) is 5.92 Å². The number of hydrogen-bond donors (Lipinski definition) is 1. The summed E-state index contributed by atoms with van der Waals surface area (Å²) in [5.41, 5.74) is 0. The highest BCUT2D eigenvalue weighted by Crippen LogP contribution is 2.19. The van der Waals surface area contributed by atoms with E-state index >= 15 is 0 Å². The molecule has 0 heterocycles. The van der Waals surface area contributed by atoms with E-state index in [4.69, 9.17) is 0 Å². The Morgan fingerprint density at radius 3 is 2.90 bits per heavy atom. The Morgan fingerprint density at radius 1 is 1.60 bits per heavy atom. The number of carbonyl (C=O) groups is 1. The van der Waals surface area contributed by atoms with Gasteiger partial charge < -0.3 is 4.18 Å². The Morgan fingerprint density at radius 2 is 2.40 bits per heavy atom. The molecule has 0 spiro atoms. The summed E-state index contributed by atoms with van der Waals surface area (Å²) in [6.07, 6.45) is 6.78. The van der Waals surface area contributed by atoms with E-state index < -0.39 is 0 Å². The molecule has 1 atom stereocenters. The topological polar surface area (TPSA) is 26.3 Å². The fraction of sp³-hybridized carbons (Fsp3) is 0.571. The maximum atomic E-state index is 10.8. The zero-order chi connectivity index (χ0) is 7.40. The van der Waals surface area contributed by atoms with Gasteiger partial charge in [-0.3, -0.25) is 4.79 Å². The minimum absolute atomic E-state index is 0.0440. The van der Waals surface area contributed by atoms with Gasteiger partial charge >= 0.3 is 5.97 Å². The normalized spacial score (nSPS) is 24.3. The molecule has 0 N–H and O–H groups in total. The van der Waals surface area contributed by atoms with Crippen molar-refractivity contribution in [3.63, 3.8) is 0 Å². The van der Waals surface area contributed by atoms with Gasteiger partial charge in [0, 0.05) is 12.9 Å². The average Bonchev–Trinajstić information content (AvgIpc) is 2.05. The van der Waals surface area contributed by atoms with Gasteiger partial charge in [-0.05, 0) is 19.3 Å². The molecule has 0 aliphatic heterocycles. The first-order valence-corrected chi connectivity index (χ1v) is 3.71. The van der Waals surface area contributed by atoms with Gasteiger partial charge in [-0.2, -0.15) is 0 Å². The molecule has 0 bridgehead atoms. The third-order valence-corrected chi connectivity index (χ3v) is 1.87. The highest BCUT2D eigenvalue weighted by Gasteiger charge is 2.18. The number of thiol groups is 1. The van der Waals surface area contributed by atoms with Crippen molar-refractivity contribution >= 4 is 18.9 Å². The molecule has 0 aromatic heterocycles. The van der Waals surface area contributed by atoms with Crippen molar-refractivity contribution in [3.8, 4) is 0 Å². The molecule has 1 unspecified atom stereocenters. The van der Waals surface area contributed by atoms with Gasteiger partial charge in [0.05, 0.1) is 5.92 Å². The van der Waals surface area contributed by atoms with Gasteiger partial charge in [0.15, 0.2) is 0 Å². The Labute approximate surface area is 65.9 Å². The second kappa shape index (κ2) is 3.66. The summed E-state index contributed by atoms with van der Waals surface area (Å²) < 4.78 is 4.31. The SMILES string of the molecule is O=C(OS)C1CC=CCC1. The monoisotopic (exact) mass is 158 g/mol. The van der Waals surface area contributed by atoms with Crippen LogP contribution in [0.15, 0.2) is 12.2 Å².